The van der Waals surface area contributed by atoms with Crippen LogP contribution in [0.4, 0.5) is 11.4 Å². The third-order valence-electron chi connectivity index (χ3n) is 3.45. The summed E-state index contributed by atoms with van der Waals surface area (Å²) in [7, 11) is 1.93. The summed E-state index contributed by atoms with van der Waals surface area (Å²) in [6.45, 7) is 5.22. The molecule has 5 nitrogen and oxygen atoms in total. The van der Waals surface area contributed by atoms with Gasteiger partial charge < -0.3 is 20.6 Å². The van der Waals surface area contributed by atoms with E-state index in [4.69, 9.17) is 0 Å². The zero-order chi connectivity index (χ0) is 14.7. The maximum atomic E-state index is 12.0. The molecule has 0 fully saturated rings. The van der Waals surface area contributed by atoms with Crippen LogP contribution in [-0.4, -0.2) is 37.3 Å². The molecule has 0 aliphatic carbocycles. The van der Waals surface area contributed by atoms with Crippen LogP contribution < -0.4 is 15.5 Å². The first-order valence-corrected chi connectivity index (χ1v) is 7.10. The molecule has 2 unspecified atom stereocenters. The Morgan fingerprint density at radius 2 is 2.25 bits per heavy atom. The van der Waals surface area contributed by atoms with E-state index in [0.717, 1.165) is 29.9 Å². The minimum Gasteiger partial charge on any atom is -0.392 e. The highest BCUT2D eigenvalue weighted by molar-refractivity contribution is 6.03. The summed E-state index contributed by atoms with van der Waals surface area (Å²) in [5.74, 6) is 0.00350. The van der Waals surface area contributed by atoms with Crippen molar-refractivity contribution in [2.24, 2.45) is 0 Å². The van der Waals surface area contributed by atoms with Crippen LogP contribution in [0.25, 0.3) is 0 Å². The van der Waals surface area contributed by atoms with Gasteiger partial charge >= 0.3 is 0 Å². The highest BCUT2D eigenvalue weighted by atomic mass is 16.3. The maximum Gasteiger partial charge on any atom is 0.246 e. The molecule has 1 amide bonds. The smallest absolute Gasteiger partial charge is 0.246 e. The lowest BCUT2D eigenvalue weighted by Gasteiger charge is -2.21. The van der Waals surface area contributed by atoms with Crippen LogP contribution in [0.15, 0.2) is 18.2 Å². The number of fused-ring (bicyclic) bond motifs is 1. The quantitative estimate of drug-likeness (QED) is 0.737. The van der Waals surface area contributed by atoms with Crippen LogP contribution in [0.2, 0.25) is 0 Å². The predicted molar refractivity (Wildman–Crippen MR) is 81.1 cm³/mol. The van der Waals surface area contributed by atoms with Gasteiger partial charge in [0.2, 0.25) is 5.91 Å². The number of benzene rings is 1. The van der Waals surface area contributed by atoms with Gasteiger partial charge in [0.1, 0.15) is 6.04 Å². The first-order chi connectivity index (χ1) is 9.52. The number of hydrogen-bond acceptors (Lipinski definition) is 4. The van der Waals surface area contributed by atoms with Crippen molar-refractivity contribution < 1.29 is 9.90 Å². The number of aliphatic hydroxyl groups excluding tert-OH is 1. The second kappa shape index (κ2) is 6.24. The fraction of sp³-hybridized carbons (Fsp3) is 0.533. The molecule has 3 N–H and O–H groups in total. The third kappa shape index (κ3) is 3.11. The van der Waals surface area contributed by atoms with Crippen molar-refractivity contribution in [1.29, 1.82) is 0 Å². The lowest BCUT2D eigenvalue weighted by molar-refractivity contribution is -0.117. The zero-order valence-electron chi connectivity index (χ0n) is 12.3. The highest BCUT2D eigenvalue weighted by Gasteiger charge is 2.30. The Hall–Kier alpha value is -1.59. The molecule has 110 valence electrons. The summed E-state index contributed by atoms with van der Waals surface area (Å²) in [5.41, 5.74) is 2.84. The predicted octanol–water partition coefficient (Wildman–Crippen LogP) is 1.50. The van der Waals surface area contributed by atoms with Crippen molar-refractivity contribution in [3.05, 3.63) is 23.8 Å². The molecule has 5 heteroatoms. The fourth-order valence-corrected chi connectivity index (χ4v) is 2.48. The number of rotatable bonds is 6. The van der Waals surface area contributed by atoms with E-state index in [-0.39, 0.29) is 18.1 Å². The van der Waals surface area contributed by atoms with Crippen LogP contribution >= 0.6 is 0 Å². The van der Waals surface area contributed by atoms with Crippen molar-refractivity contribution in [2.75, 3.05) is 30.4 Å². The summed E-state index contributed by atoms with van der Waals surface area (Å²) in [4.78, 5) is 13.9. The van der Waals surface area contributed by atoms with E-state index < -0.39 is 0 Å². The molecule has 20 heavy (non-hydrogen) atoms. The number of amides is 1. The molecular weight excluding hydrogens is 254 g/mol. The van der Waals surface area contributed by atoms with E-state index in [1.54, 1.807) is 6.92 Å². The number of anilines is 2. The molecule has 1 aromatic rings. The van der Waals surface area contributed by atoms with Crippen LogP contribution in [-0.2, 0) is 4.79 Å². The monoisotopic (exact) mass is 277 g/mol. The van der Waals surface area contributed by atoms with E-state index in [1.807, 2.05) is 30.1 Å². The van der Waals surface area contributed by atoms with Gasteiger partial charge in [-0.15, -0.1) is 0 Å². The largest absolute Gasteiger partial charge is 0.392 e. The lowest BCUT2D eigenvalue weighted by Crippen LogP contribution is -2.28. The molecule has 0 saturated carbocycles. The van der Waals surface area contributed by atoms with Gasteiger partial charge in [0.05, 0.1) is 6.10 Å². The number of hydrogen-bond donors (Lipinski definition) is 3. The summed E-state index contributed by atoms with van der Waals surface area (Å²) in [5, 5.41) is 15.6. The molecule has 1 heterocycles. The van der Waals surface area contributed by atoms with E-state index in [9.17, 15) is 9.90 Å². The topological polar surface area (TPSA) is 64.6 Å². The SMILES string of the molecule is CCCNC1C(=O)Nc2cc(N(C)CC(C)O)ccc21. The van der Waals surface area contributed by atoms with Crippen molar-refractivity contribution >= 4 is 17.3 Å². The second-order valence-electron chi connectivity index (χ2n) is 5.38. The Kier molecular flexibility index (Phi) is 4.62. The van der Waals surface area contributed by atoms with Crippen molar-refractivity contribution in [3.8, 4) is 0 Å². The summed E-state index contributed by atoms with van der Waals surface area (Å²) in [6.07, 6.45) is 0.607. The van der Waals surface area contributed by atoms with Crippen LogP contribution in [0, 0.1) is 0 Å². The molecule has 0 bridgehead atoms. The average molecular weight is 277 g/mol. The number of nitrogens with one attached hydrogen (secondary N) is 2. The number of likely N-dealkylation sites (N-methyl/N-ethyl adjacent to an activating group) is 1. The zero-order valence-corrected chi connectivity index (χ0v) is 12.3. The number of carbonyl (C=O) groups excluding carboxylic acids is 1. The van der Waals surface area contributed by atoms with Gasteiger partial charge in [0.15, 0.2) is 0 Å². The summed E-state index contributed by atoms with van der Waals surface area (Å²) < 4.78 is 0. The van der Waals surface area contributed by atoms with Crippen LogP contribution in [0.1, 0.15) is 31.9 Å². The Bertz CT molecular complexity index is 488. The maximum absolute atomic E-state index is 12.0. The number of aliphatic hydroxyl groups is 1. The molecule has 1 aliphatic heterocycles. The average Bonchev–Trinajstić information content (AvgIpc) is 2.70. The molecular formula is C15H23N3O2. The summed E-state index contributed by atoms with van der Waals surface area (Å²) in [6, 6.07) is 5.68. The first kappa shape index (κ1) is 14.8. The van der Waals surface area contributed by atoms with Gasteiger partial charge in [-0.3, -0.25) is 4.79 Å². The molecule has 0 spiro atoms. The first-order valence-electron chi connectivity index (χ1n) is 7.10. The number of nitrogens with zero attached hydrogens (tertiary/aromatic N) is 1. The van der Waals surface area contributed by atoms with E-state index in [1.165, 1.54) is 0 Å². The van der Waals surface area contributed by atoms with Gasteiger partial charge in [-0.2, -0.15) is 0 Å². The molecule has 1 aliphatic rings. The van der Waals surface area contributed by atoms with Gasteiger partial charge in [0, 0.05) is 30.5 Å². The van der Waals surface area contributed by atoms with Gasteiger partial charge in [-0.25, -0.2) is 0 Å². The van der Waals surface area contributed by atoms with E-state index in [0.29, 0.717) is 6.54 Å². The standard InChI is InChI=1S/C15H23N3O2/c1-4-7-16-14-12-6-5-11(18(3)9-10(2)19)8-13(12)17-15(14)20/h5-6,8,10,14,16,19H,4,7,9H2,1-3H3,(H,17,20). The Morgan fingerprint density at radius 1 is 1.50 bits per heavy atom. The fourth-order valence-electron chi connectivity index (χ4n) is 2.48. The van der Waals surface area contributed by atoms with Crippen LogP contribution in [0.3, 0.4) is 0 Å². The van der Waals surface area contributed by atoms with Gasteiger partial charge in [-0.1, -0.05) is 13.0 Å². The van der Waals surface area contributed by atoms with Crippen molar-refractivity contribution in [1.82, 2.24) is 5.32 Å². The minimum absolute atomic E-state index is 0.00350. The Labute approximate surface area is 120 Å². The van der Waals surface area contributed by atoms with Crippen molar-refractivity contribution in [3.63, 3.8) is 0 Å². The third-order valence-corrected chi connectivity index (χ3v) is 3.45. The molecule has 2 atom stereocenters. The van der Waals surface area contributed by atoms with E-state index in [2.05, 4.69) is 17.6 Å². The number of carbonyl (C=O) groups is 1. The van der Waals surface area contributed by atoms with Gasteiger partial charge in [-0.05, 0) is 32.0 Å². The molecule has 0 radical (unpaired) electrons. The molecule has 2 rings (SSSR count). The van der Waals surface area contributed by atoms with Crippen LogP contribution in [0.5, 0.6) is 0 Å². The molecule has 0 saturated heterocycles. The Balaban J connectivity index is 2.17. The van der Waals surface area contributed by atoms with Gasteiger partial charge in [0.25, 0.3) is 0 Å². The Morgan fingerprint density at radius 3 is 2.90 bits per heavy atom. The van der Waals surface area contributed by atoms with E-state index >= 15 is 0 Å². The molecule has 0 aromatic heterocycles. The summed E-state index contributed by atoms with van der Waals surface area (Å²) >= 11 is 0. The normalized spacial score (nSPS) is 18.6. The highest BCUT2D eigenvalue weighted by Crippen LogP contribution is 2.33. The second-order valence-corrected chi connectivity index (χ2v) is 5.38. The molecule has 1 aromatic carbocycles. The minimum atomic E-state index is -0.387. The van der Waals surface area contributed by atoms with Crippen molar-refractivity contribution in [2.45, 2.75) is 32.4 Å². The lowest BCUT2D eigenvalue weighted by atomic mass is 10.1.